The summed E-state index contributed by atoms with van der Waals surface area (Å²) < 4.78 is 37.5. The van der Waals surface area contributed by atoms with Gasteiger partial charge in [-0.25, -0.2) is 13.4 Å². The highest BCUT2D eigenvalue weighted by atomic mass is 32.2. The van der Waals surface area contributed by atoms with Crippen LogP contribution in [-0.4, -0.2) is 66.8 Å². The van der Waals surface area contributed by atoms with Crippen LogP contribution in [0.1, 0.15) is 11.6 Å². The molecule has 3 rings (SSSR count). The van der Waals surface area contributed by atoms with Crippen LogP contribution < -0.4 is 19.9 Å². The maximum absolute atomic E-state index is 12.7. The number of H-pyrrole nitrogens is 1. The molecule has 1 atom stereocenters. The third-order valence-corrected chi connectivity index (χ3v) is 6.98. The van der Waals surface area contributed by atoms with Crippen LogP contribution in [0.4, 0.5) is 5.82 Å². The Kier molecular flexibility index (Phi) is 7.07. The fourth-order valence-electron chi connectivity index (χ4n) is 3.34. The van der Waals surface area contributed by atoms with Crippen molar-refractivity contribution in [3.05, 3.63) is 48.2 Å². The third kappa shape index (κ3) is 5.24. The highest BCUT2D eigenvalue weighted by molar-refractivity contribution is 7.89. The van der Waals surface area contributed by atoms with Gasteiger partial charge in [0.05, 0.1) is 34.4 Å². The highest BCUT2D eigenvalue weighted by Gasteiger charge is 2.27. The number of likely N-dealkylation sites (N-methyl/N-ethyl adjacent to an activating group) is 1. The molecule has 3 N–H and O–H groups in total. The normalized spacial score (nSPS) is 16.6. The van der Waals surface area contributed by atoms with Crippen LogP contribution >= 0.6 is 0 Å². The Hall–Kier alpha value is -2.20. The van der Waals surface area contributed by atoms with Crippen molar-refractivity contribution in [3.8, 4) is 5.75 Å². The molecule has 29 heavy (non-hydrogen) atoms. The summed E-state index contributed by atoms with van der Waals surface area (Å²) in [6, 6.07) is 11.6. The van der Waals surface area contributed by atoms with E-state index in [1.807, 2.05) is 18.2 Å². The van der Waals surface area contributed by atoms with E-state index in [2.05, 4.69) is 30.5 Å². The second kappa shape index (κ2) is 9.53. The minimum Gasteiger partial charge on any atom is -0.497 e. The maximum atomic E-state index is 12.7. The number of hydrogen-bond acceptors (Lipinski definition) is 5. The molecule has 158 valence electrons. The number of hydrogen-bond donors (Lipinski definition) is 2. The first-order valence-corrected chi connectivity index (χ1v) is 11.1. The predicted molar refractivity (Wildman–Crippen MR) is 110 cm³/mol. The number of pyridine rings is 1. The Morgan fingerprint density at radius 3 is 2.62 bits per heavy atom. The van der Waals surface area contributed by atoms with Gasteiger partial charge in [-0.1, -0.05) is 12.1 Å². The second-order valence-electron chi connectivity index (χ2n) is 7.24. The van der Waals surface area contributed by atoms with Crippen LogP contribution in [0, 0.1) is 0 Å². The lowest BCUT2D eigenvalue weighted by molar-refractivity contribution is -0.890. The molecular weight excluding hydrogens is 392 g/mol. The minimum absolute atomic E-state index is 0.204. The summed E-state index contributed by atoms with van der Waals surface area (Å²) in [5.74, 6) is 1.60. The lowest BCUT2D eigenvalue weighted by Gasteiger charge is -2.25. The number of benzene rings is 1. The van der Waals surface area contributed by atoms with Gasteiger partial charge in [-0.05, 0) is 18.2 Å². The molecule has 0 bridgehead atoms. The standard InChI is InChI=1S/C20H28N4O4S/c1-23(2)19(16-5-4-6-17(13-16)27-3)15-22-20-8-7-18(14-21-20)29(25,26)24-9-11-28-12-10-24/h4-8,13-14,19H,9-12,15H2,1-3H3,(H,21,22)/p+2/t19-/m0/s1. The van der Waals surface area contributed by atoms with E-state index < -0.39 is 10.0 Å². The van der Waals surface area contributed by atoms with E-state index in [9.17, 15) is 8.42 Å². The average Bonchev–Trinajstić information content (AvgIpc) is 2.75. The lowest BCUT2D eigenvalue weighted by atomic mass is 10.1. The summed E-state index contributed by atoms with van der Waals surface area (Å²) >= 11 is 0. The summed E-state index contributed by atoms with van der Waals surface area (Å²) in [6.45, 7) is 2.32. The monoisotopic (exact) mass is 422 g/mol. The Morgan fingerprint density at radius 2 is 2.00 bits per heavy atom. The molecular formula is C20H30N4O4S+2. The molecule has 0 aliphatic carbocycles. The summed E-state index contributed by atoms with van der Waals surface area (Å²) in [7, 11) is 2.37. The Labute approximate surface area is 172 Å². The number of nitrogens with one attached hydrogen (secondary N) is 3. The zero-order valence-electron chi connectivity index (χ0n) is 17.1. The Bertz CT molecular complexity index is 897. The van der Waals surface area contributed by atoms with Gasteiger partial charge in [-0.15, -0.1) is 0 Å². The van der Waals surface area contributed by atoms with Crippen molar-refractivity contribution in [1.82, 2.24) is 4.31 Å². The number of rotatable bonds is 8. The first-order valence-electron chi connectivity index (χ1n) is 9.69. The fraction of sp³-hybridized carbons (Fsp3) is 0.450. The van der Waals surface area contributed by atoms with Crippen LogP contribution in [0.15, 0.2) is 47.5 Å². The van der Waals surface area contributed by atoms with Gasteiger partial charge in [-0.3, -0.25) is 5.32 Å². The van der Waals surface area contributed by atoms with E-state index >= 15 is 0 Å². The van der Waals surface area contributed by atoms with Crippen molar-refractivity contribution < 1.29 is 27.8 Å². The van der Waals surface area contributed by atoms with E-state index in [-0.39, 0.29) is 10.9 Å². The Balaban J connectivity index is 1.68. The molecule has 1 fully saturated rings. The van der Waals surface area contributed by atoms with Gasteiger partial charge in [0.1, 0.15) is 23.4 Å². The molecule has 0 radical (unpaired) electrons. The first kappa shape index (κ1) is 21.5. The zero-order chi connectivity index (χ0) is 20.9. The lowest BCUT2D eigenvalue weighted by Crippen LogP contribution is -3.06. The number of aromatic amines is 1. The van der Waals surface area contributed by atoms with Crippen LogP contribution in [0.3, 0.4) is 0 Å². The van der Waals surface area contributed by atoms with Gasteiger partial charge in [0.15, 0.2) is 6.04 Å². The van der Waals surface area contributed by atoms with Crippen molar-refractivity contribution in [3.63, 3.8) is 0 Å². The quantitative estimate of drug-likeness (QED) is 0.617. The molecule has 0 amide bonds. The maximum Gasteiger partial charge on any atom is 0.272 e. The van der Waals surface area contributed by atoms with Crippen LogP contribution in [0.25, 0.3) is 0 Å². The molecule has 1 saturated heterocycles. The van der Waals surface area contributed by atoms with E-state index in [4.69, 9.17) is 9.47 Å². The molecule has 2 aromatic rings. The van der Waals surface area contributed by atoms with E-state index in [0.717, 1.165) is 11.6 Å². The molecule has 0 saturated carbocycles. The van der Waals surface area contributed by atoms with Crippen LogP contribution in [0.2, 0.25) is 0 Å². The van der Waals surface area contributed by atoms with Gasteiger partial charge >= 0.3 is 0 Å². The minimum atomic E-state index is -3.50. The van der Waals surface area contributed by atoms with E-state index in [1.165, 1.54) is 21.0 Å². The molecule has 9 heteroatoms. The number of morpholine rings is 1. The number of aromatic nitrogens is 1. The molecule has 2 heterocycles. The van der Waals surface area contributed by atoms with Crippen molar-refractivity contribution in [2.75, 3.05) is 59.4 Å². The number of nitrogens with zero attached hydrogens (tertiary/aromatic N) is 1. The van der Waals surface area contributed by atoms with Crippen molar-refractivity contribution in [1.29, 1.82) is 0 Å². The number of quaternary nitrogens is 1. The Morgan fingerprint density at radius 1 is 1.24 bits per heavy atom. The van der Waals surface area contributed by atoms with Gasteiger partial charge in [0, 0.05) is 24.7 Å². The number of ether oxygens (including phenoxy) is 2. The molecule has 8 nitrogen and oxygen atoms in total. The first-order chi connectivity index (χ1) is 13.9. The molecule has 0 spiro atoms. The molecule has 0 unspecified atom stereocenters. The second-order valence-corrected chi connectivity index (χ2v) is 9.18. The van der Waals surface area contributed by atoms with Gasteiger partial charge in [-0.2, -0.15) is 4.31 Å². The van der Waals surface area contributed by atoms with Crippen molar-refractivity contribution in [2.24, 2.45) is 0 Å². The number of methoxy groups -OCH3 is 1. The largest absolute Gasteiger partial charge is 0.497 e. The molecule has 1 aromatic carbocycles. The van der Waals surface area contributed by atoms with Crippen LogP contribution in [-0.2, 0) is 14.8 Å². The summed E-state index contributed by atoms with van der Waals surface area (Å²) in [4.78, 5) is 4.60. The molecule has 1 aromatic heterocycles. The number of sulfonamides is 1. The van der Waals surface area contributed by atoms with Crippen molar-refractivity contribution >= 4 is 15.8 Å². The average molecular weight is 423 g/mol. The summed E-state index contributed by atoms with van der Waals surface area (Å²) in [5, 5.41) is 3.37. The van der Waals surface area contributed by atoms with Crippen LogP contribution in [0.5, 0.6) is 5.75 Å². The van der Waals surface area contributed by atoms with Gasteiger partial charge < -0.3 is 14.4 Å². The van der Waals surface area contributed by atoms with E-state index in [1.54, 1.807) is 19.2 Å². The fourth-order valence-corrected chi connectivity index (χ4v) is 4.72. The summed E-state index contributed by atoms with van der Waals surface area (Å²) in [5.41, 5.74) is 1.17. The van der Waals surface area contributed by atoms with Gasteiger partial charge in [0.25, 0.3) is 5.82 Å². The van der Waals surface area contributed by atoms with Gasteiger partial charge in [0.2, 0.25) is 10.0 Å². The zero-order valence-corrected chi connectivity index (χ0v) is 18.0. The topological polar surface area (TPSA) is 86.5 Å². The van der Waals surface area contributed by atoms with E-state index in [0.29, 0.717) is 32.8 Å². The predicted octanol–water partition coefficient (Wildman–Crippen LogP) is -0.172. The highest BCUT2D eigenvalue weighted by Crippen LogP contribution is 2.19. The SMILES string of the molecule is COc1cccc([C@H](CNc2ccc(S(=O)(=O)N3CCOCC3)c[nH+]2)[NH+](C)C)c1. The number of anilines is 1. The smallest absolute Gasteiger partial charge is 0.272 e. The third-order valence-electron chi connectivity index (χ3n) is 5.08. The summed E-state index contributed by atoms with van der Waals surface area (Å²) in [6.07, 6.45) is 1.54. The molecule has 1 aliphatic heterocycles. The molecule has 1 aliphatic rings. The van der Waals surface area contributed by atoms with Crippen molar-refractivity contribution in [2.45, 2.75) is 10.9 Å².